The van der Waals surface area contributed by atoms with E-state index in [4.69, 9.17) is 0 Å². The Labute approximate surface area is 162 Å². The third kappa shape index (κ3) is 7.18. The van der Waals surface area contributed by atoms with Crippen LogP contribution in [0, 0.1) is 0 Å². The molecule has 1 amide bonds. The number of aromatic nitrogens is 1. The molecule has 2 aromatic rings. The lowest BCUT2D eigenvalue weighted by atomic mass is 10.4. The number of guanidine groups is 1. The summed E-state index contributed by atoms with van der Waals surface area (Å²) >= 11 is 2.31. The Morgan fingerprint density at radius 2 is 2.00 bits per heavy atom. The molecule has 0 aromatic carbocycles. The van der Waals surface area contributed by atoms with Crippen molar-refractivity contribution < 1.29 is 18.0 Å². The molecule has 0 atom stereocenters. The van der Waals surface area contributed by atoms with Crippen molar-refractivity contribution in [1.82, 2.24) is 20.9 Å². The minimum absolute atomic E-state index is 0.0607. The van der Waals surface area contributed by atoms with Crippen LogP contribution < -0.4 is 16.0 Å². The molecule has 0 aliphatic carbocycles. The zero-order valence-electron chi connectivity index (χ0n) is 14.6. The van der Waals surface area contributed by atoms with Crippen LogP contribution in [0.5, 0.6) is 0 Å². The number of nitrogens with one attached hydrogen (secondary N) is 3. The average molecular weight is 419 g/mol. The van der Waals surface area contributed by atoms with Crippen molar-refractivity contribution in [3.63, 3.8) is 0 Å². The number of nitrogens with zero attached hydrogens (tertiary/aromatic N) is 2. The number of carbonyl (C=O) groups excluding carboxylic acids is 1. The second-order valence-electron chi connectivity index (χ2n) is 5.33. The Hall–Kier alpha value is -2.14. The van der Waals surface area contributed by atoms with Crippen LogP contribution in [-0.4, -0.2) is 36.5 Å². The van der Waals surface area contributed by atoms with Gasteiger partial charge in [0.15, 0.2) is 11.7 Å². The molecule has 148 valence electrons. The number of alkyl halides is 3. The zero-order chi connectivity index (χ0) is 19.7. The van der Waals surface area contributed by atoms with E-state index in [0.717, 1.165) is 16.7 Å². The molecule has 0 unspecified atom stereocenters. The van der Waals surface area contributed by atoms with Crippen LogP contribution in [0.2, 0.25) is 0 Å². The number of carbonyl (C=O) groups is 1. The summed E-state index contributed by atoms with van der Waals surface area (Å²) < 4.78 is 37.7. The van der Waals surface area contributed by atoms with E-state index >= 15 is 0 Å². The molecule has 11 heteroatoms. The van der Waals surface area contributed by atoms with E-state index in [2.05, 4.69) is 25.9 Å². The van der Waals surface area contributed by atoms with Gasteiger partial charge in [0.05, 0.1) is 11.4 Å². The molecule has 0 saturated heterocycles. The molecule has 0 aliphatic heterocycles. The first-order valence-corrected chi connectivity index (χ1v) is 10.0. The summed E-state index contributed by atoms with van der Waals surface area (Å²) in [6.45, 7) is 3.63. The molecule has 2 rings (SSSR count). The maximum Gasteiger partial charge on any atom is 0.434 e. The fourth-order valence-electron chi connectivity index (χ4n) is 1.99. The number of aliphatic imine (C=N–C) groups is 1. The third-order valence-electron chi connectivity index (χ3n) is 3.24. The number of halogens is 3. The number of rotatable bonds is 8. The van der Waals surface area contributed by atoms with Crippen LogP contribution in [-0.2, 0) is 12.7 Å². The lowest BCUT2D eigenvalue weighted by Crippen LogP contribution is -2.38. The lowest BCUT2D eigenvalue weighted by molar-refractivity contribution is -0.140. The van der Waals surface area contributed by atoms with Crippen LogP contribution in [0.1, 0.15) is 33.7 Å². The minimum atomic E-state index is -4.44. The molecule has 2 aromatic heterocycles. The van der Waals surface area contributed by atoms with Gasteiger partial charge in [-0.2, -0.15) is 13.2 Å². The van der Waals surface area contributed by atoms with Crippen LogP contribution in [0.15, 0.2) is 27.9 Å². The standard InChI is InChI=1S/C16H20F3N5OS2/c1-2-20-15(23-9-13-24-12(10-27-13)16(17,18)19)22-7-4-6-21-14(25)11-5-3-8-26-11/h3,5,8,10H,2,4,6-7,9H2,1H3,(H,21,25)(H2,20,22,23). The largest absolute Gasteiger partial charge is 0.434 e. The monoisotopic (exact) mass is 419 g/mol. The smallest absolute Gasteiger partial charge is 0.357 e. The highest BCUT2D eigenvalue weighted by atomic mass is 32.1. The Kier molecular flexibility index (Phi) is 8.04. The summed E-state index contributed by atoms with van der Waals surface area (Å²) in [6.07, 6.45) is -3.76. The Bertz CT molecular complexity index is 744. The van der Waals surface area contributed by atoms with Gasteiger partial charge in [-0.05, 0) is 24.8 Å². The van der Waals surface area contributed by atoms with E-state index in [-0.39, 0.29) is 12.5 Å². The Balaban J connectivity index is 1.75. The first-order chi connectivity index (χ1) is 12.9. The second kappa shape index (κ2) is 10.3. The number of thiazole rings is 1. The fraction of sp³-hybridized carbons (Fsp3) is 0.438. The zero-order valence-corrected chi connectivity index (χ0v) is 16.2. The lowest BCUT2D eigenvalue weighted by Gasteiger charge is -2.11. The molecule has 0 bridgehead atoms. The molecule has 0 saturated carbocycles. The van der Waals surface area contributed by atoms with Gasteiger partial charge in [0.1, 0.15) is 5.01 Å². The number of amides is 1. The van der Waals surface area contributed by atoms with Crippen molar-refractivity contribution in [2.45, 2.75) is 26.1 Å². The topological polar surface area (TPSA) is 78.4 Å². The first-order valence-electron chi connectivity index (χ1n) is 8.25. The van der Waals surface area contributed by atoms with E-state index in [1.165, 1.54) is 11.3 Å². The van der Waals surface area contributed by atoms with E-state index in [0.29, 0.717) is 41.9 Å². The summed E-state index contributed by atoms with van der Waals surface area (Å²) in [5, 5.41) is 12.0. The van der Waals surface area contributed by atoms with Gasteiger partial charge in [-0.15, -0.1) is 22.7 Å². The quantitative estimate of drug-likeness (QED) is 0.349. The molecule has 6 nitrogen and oxygen atoms in total. The first kappa shape index (κ1) is 21.2. The number of hydrogen-bond donors (Lipinski definition) is 3. The minimum Gasteiger partial charge on any atom is -0.357 e. The van der Waals surface area contributed by atoms with E-state index in [9.17, 15) is 18.0 Å². The highest BCUT2D eigenvalue weighted by molar-refractivity contribution is 7.12. The molecular formula is C16H20F3N5OS2. The summed E-state index contributed by atoms with van der Waals surface area (Å²) in [6, 6.07) is 3.58. The highest BCUT2D eigenvalue weighted by Gasteiger charge is 2.33. The van der Waals surface area contributed by atoms with Gasteiger partial charge in [-0.3, -0.25) is 4.79 Å². The van der Waals surface area contributed by atoms with Gasteiger partial charge >= 0.3 is 6.18 Å². The molecular weight excluding hydrogens is 399 g/mol. The van der Waals surface area contributed by atoms with Gasteiger partial charge in [-0.1, -0.05) is 6.07 Å². The van der Waals surface area contributed by atoms with Gasteiger partial charge in [0.2, 0.25) is 0 Å². The van der Waals surface area contributed by atoms with Crippen molar-refractivity contribution in [2.75, 3.05) is 19.6 Å². The van der Waals surface area contributed by atoms with Gasteiger partial charge in [0.25, 0.3) is 5.91 Å². The molecule has 27 heavy (non-hydrogen) atoms. The molecule has 0 radical (unpaired) electrons. The molecule has 3 N–H and O–H groups in total. The van der Waals surface area contributed by atoms with Crippen molar-refractivity contribution in [3.8, 4) is 0 Å². The van der Waals surface area contributed by atoms with Crippen molar-refractivity contribution in [1.29, 1.82) is 0 Å². The van der Waals surface area contributed by atoms with Crippen LogP contribution in [0.25, 0.3) is 0 Å². The summed E-state index contributed by atoms with van der Waals surface area (Å²) in [4.78, 5) is 20.3. The predicted molar refractivity (Wildman–Crippen MR) is 101 cm³/mol. The Morgan fingerprint density at radius 1 is 1.22 bits per heavy atom. The molecule has 0 spiro atoms. The van der Waals surface area contributed by atoms with Gasteiger partial charge in [-0.25, -0.2) is 9.98 Å². The average Bonchev–Trinajstić information content (AvgIpc) is 3.30. The van der Waals surface area contributed by atoms with Gasteiger partial charge in [0, 0.05) is 25.0 Å². The molecule has 2 heterocycles. The predicted octanol–water partition coefficient (Wildman–Crippen LogP) is 3.10. The van der Waals surface area contributed by atoms with E-state index in [1.807, 2.05) is 18.4 Å². The highest BCUT2D eigenvalue weighted by Crippen LogP contribution is 2.30. The Morgan fingerprint density at radius 3 is 2.63 bits per heavy atom. The van der Waals surface area contributed by atoms with Gasteiger partial charge < -0.3 is 16.0 Å². The summed E-state index contributed by atoms with van der Waals surface area (Å²) in [5.41, 5.74) is -0.892. The van der Waals surface area contributed by atoms with Crippen LogP contribution >= 0.6 is 22.7 Å². The summed E-state index contributed by atoms with van der Waals surface area (Å²) in [5.74, 6) is 0.389. The maximum atomic E-state index is 12.6. The SMILES string of the molecule is CCNC(=NCc1nc(C(F)(F)F)cs1)NCCCNC(=O)c1cccs1. The second-order valence-corrected chi connectivity index (χ2v) is 7.22. The normalized spacial score (nSPS) is 12.1. The van der Waals surface area contributed by atoms with Crippen LogP contribution in [0.3, 0.4) is 0 Å². The van der Waals surface area contributed by atoms with Crippen LogP contribution in [0.4, 0.5) is 13.2 Å². The molecule has 0 aliphatic rings. The van der Waals surface area contributed by atoms with E-state index < -0.39 is 11.9 Å². The van der Waals surface area contributed by atoms with Crippen molar-refractivity contribution in [3.05, 3.63) is 38.5 Å². The number of hydrogen-bond acceptors (Lipinski definition) is 5. The summed E-state index contributed by atoms with van der Waals surface area (Å²) in [7, 11) is 0. The van der Waals surface area contributed by atoms with Crippen molar-refractivity contribution in [2.24, 2.45) is 4.99 Å². The fourth-order valence-corrected chi connectivity index (χ4v) is 3.36. The third-order valence-corrected chi connectivity index (χ3v) is 4.94. The molecule has 0 fully saturated rings. The van der Waals surface area contributed by atoms with Crippen molar-refractivity contribution >= 4 is 34.5 Å². The maximum absolute atomic E-state index is 12.6. The number of thiophene rings is 1. The van der Waals surface area contributed by atoms with E-state index in [1.54, 1.807) is 6.07 Å².